The van der Waals surface area contributed by atoms with Gasteiger partial charge in [0.25, 0.3) is 0 Å². The van der Waals surface area contributed by atoms with Crippen molar-refractivity contribution in [3.8, 4) is 17.2 Å². The summed E-state index contributed by atoms with van der Waals surface area (Å²) in [5.41, 5.74) is 3.10. The third-order valence-corrected chi connectivity index (χ3v) is 6.57. The summed E-state index contributed by atoms with van der Waals surface area (Å²) in [6.07, 6.45) is 1.53. The Balaban J connectivity index is 1.37. The van der Waals surface area contributed by atoms with Gasteiger partial charge in [-0.15, -0.1) is 0 Å². The normalized spacial score (nSPS) is 12.4. The van der Waals surface area contributed by atoms with E-state index in [1.54, 1.807) is 50.4 Å². The van der Waals surface area contributed by atoms with E-state index in [-0.39, 0.29) is 24.4 Å². The van der Waals surface area contributed by atoms with Crippen LogP contribution in [0.1, 0.15) is 16.7 Å². The standard InChI is InChI=1S/C29H27ClFN3O5/c1-17-3-4-19(23(31)11-17)13-21(35)12-18-5-6-20(14-22(18)30)34-29-26-24(32-16-33-29)15-25(37-8-7-36-2)27-28(26)39-10-9-38-27/h3-6,11,14-16H,7-10,12-13H2,1-2H3,(H,32,33,34). The van der Waals surface area contributed by atoms with Crippen LogP contribution >= 0.6 is 11.6 Å². The Morgan fingerprint density at radius 1 is 1.03 bits per heavy atom. The fourth-order valence-electron chi connectivity index (χ4n) is 4.33. The van der Waals surface area contributed by atoms with Crippen LogP contribution in [-0.2, 0) is 22.4 Å². The Morgan fingerprint density at radius 2 is 1.79 bits per heavy atom. The summed E-state index contributed by atoms with van der Waals surface area (Å²) in [6, 6.07) is 11.9. The first-order chi connectivity index (χ1) is 18.9. The highest BCUT2D eigenvalue weighted by Gasteiger charge is 2.24. The van der Waals surface area contributed by atoms with Gasteiger partial charge in [-0.05, 0) is 41.8 Å². The van der Waals surface area contributed by atoms with Gasteiger partial charge in [-0.25, -0.2) is 14.4 Å². The predicted octanol–water partition coefficient (Wildman–Crippen LogP) is 5.63. The summed E-state index contributed by atoms with van der Waals surface area (Å²) >= 11 is 6.54. The number of hydrogen-bond acceptors (Lipinski definition) is 8. The van der Waals surface area contributed by atoms with Crippen molar-refractivity contribution in [3.63, 3.8) is 0 Å². The monoisotopic (exact) mass is 551 g/mol. The van der Waals surface area contributed by atoms with Gasteiger partial charge in [0, 0.05) is 36.7 Å². The highest BCUT2D eigenvalue weighted by molar-refractivity contribution is 6.31. The number of benzene rings is 3. The molecule has 39 heavy (non-hydrogen) atoms. The maximum absolute atomic E-state index is 14.2. The van der Waals surface area contributed by atoms with Gasteiger partial charge < -0.3 is 24.3 Å². The molecule has 0 bridgehead atoms. The third-order valence-electron chi connectivity index (χ3n) is 6.22. The van der Waals surface area contributed by atoms with Crippen molar-refractivity contribution in [2.45, 2.75) is 19.8 Å². The lowest BCUT2D eigenvalue weighted by Gasteiger charge is -2.23. The molecule has 0 fully saturated rings. The Labute approximate surface area is 230 Å². The molecule has 0 aliphatic carbocycles. The van der Waals surface area contributed by atoms with Crippen molar-refractivity contribution in [3.05, 3.63) is 76.3 Å². The zero-order valence-corrected chi connectivity index (χ0v) is 22.3. The number of ketones is 1. The first-order valence-corrected chi connectivity index (χ1v) is 12.8. The number of hydrogen-bond donors (Lipinski definition) is 1. The van der Waals surface area contributed by atoms with Crippen molar-refractivity contribution in [1.29, 1.82) is 0 Å². The summed E-state index contributed by atoms with van der Waals surface area (Å²) in [7, 11) is 1.60. The number of ether oxygens (including phenoxy) is 4. The molecule has 0 saturated heterocycles. The van der Waals surface area contributed by atoms with Crippen molar-refractivity contribution >= 4 is 39.8 Å². The maximum Gasteiger partial charge on any atom is 0.204 e. The van der Waals surface area contributed by atoms with Crippen LogP contribution in [0.2, 0.25) is 5.02 Å². The summed E-state index contributed by atoms with van der Waals surface area (Å²) < 4.78 is 36.9. The van der Waals surface area contributed by atoms with Crippen LogP contribution < -0.4 is 19.5 Å². The van der Waals surface area contributed by atoms with Gasteiger partial charge in [-0.2, -0.15) is 0 Å². The second-order valence-electron chi connectivity index (χ2n) is 9.11. The number of fused-ring (bicyclic) bond motifs is 3. The highest BCUT2D eigenvalue weighted by Crippen LogP contribution is 2.47. The van der Waals surface area contributed by atoms with Crippen LogP contribution in [0.5, 0.6) is 17.2 Å². The molecule has 0 unspecified atom stereocenters. The van der Waals surface area contributed by atoms with Gasteiger partial charge in [0.15, 0.2) is 11.5 Å². The van der Waals surface area contributed by atoms with Crippen LogP contribution in [0.25, 0.3) is 10.9 Å². The van der Waals surface area contributed by atoms with E-state index in [0.717, 1.165) is 5.56 Å². The summed E-state index contributed by atoms with van der Waals surface area (Å²) in [5, 5.41) is 4.33. The number of aryl methyl sites for hydroxylation is 1. The fraction of sp³-hybridized carbons (Fsp3) is 0.276. The van der Waals surface area contributed by atoms with Crippen LogP contribution in [0.15, 0.2) is 48.8 Å². The molecule has 0 amide bonds. The molecule has 0 saturated carbocycles. The quantitative estimate of drug-likeness (QED) is 0.254. The zero-order chi connectivity index (χ0) is 27.4. The van der Waals surface area contributed by atoms with Gasteiger partial charge >= 0.3 is 0 Å². The van der Waals surface area contributed by atoms with E-state index >= 15 is 0 Å². The minimum absolute atomic E-state index is 0.000277. The number of carbonyl (C=O) groups excluding carboxylic acids is 1. The van der Waals surface area contributed by atoms with Crippen LogP contribution in [0, 0.1) is 12.7 Å². The minimum Gasteiger partial charge on any atom is -0.487 e. The first-order valence-electron chi connectivity index (χ1n) is 12.4. The Morgan fingerprint density at radius 3 is 2.56 bits per heavy atom. The van der Waals surface area contributed by atoms with Crippen LogP contribution in [0.4, 0.5) is 15.9 Å². The first kappa shape index (κ1) is 26.6. The number of halogens is 2. The largest absolute Gasteiger partial charge is 0.487 e. The smallest absolute Gasteiger partial charge is 0.204 e. The summed E-state index contributed by atoms with van der Waals surface area (Å²) in [5.74, 6) is 1.48. The number of nitrogens with one attached hydrogen (secondary N) is 1. The second-order valence-corrected chi connectivity index (χ2v) is 9.51. The molecule has 202 valence electrons. The van der Waals surface area contributed by atoms with E-state index in [1.807, 2.05) is 0 Å². The molecule has 1 N–H and O–H groups in total. The zero-order valence-electron chi connectivity index (χ0n) is 21.6. The van der Waals surface area contributed by atoms with Gasteiger partial charge in [0.05, 0.1) is 17.5 Å². The van der Waals surface area contributed by atoms with Crippen molar-refractivity contribution < 1.29 is 28.1 Å². The van der Waals surface area contributed by atoms with Crippen molar-refractivity contribution in [1.82, 2.24) is 9.97 Å². The van der Waals surface area contributed by atoms with Gasteiger partial charge in [0.1, 0.15) is 43.6 Å². The molecular formula is C29H27ClFN3O5. The molecule has 1 aromatic heterocycles. The average Bonchev–Trinajstić information content (AvgIpc) is 2.92. The average molecular weight is 552 g/mol. The topological polar surface area (TPSA) is 91.8 Å². The molecular weight excluding hydrogens is 525 g/mol. The number of anilines is 2. The maximum atomic E-state index is 14.2. The lowest BCUT2D eigenvalue weighted by atomic mass is 10.0. The Bertz CT molecular complexity index is 1530. The number of Topliss-reactive ketones (excluding diaryl/α,β-unsaturated/α-hetero) is 1. The molecule has 0 radical (unpaired) electrons. The number of methoxy groups -OCH3 is 1. The van der Waals surface area contributed by atoms with Crippen molar-refractivity contribution in [2.75, 3.05) is 38.9 Å². The Kier molecular flexibility index (Phi) is 8.09. The second kappa shape index (κ2) is 11.8. The molecule has 5 rings (SSSR count). The molecule has 0 atom stereocenters. The number of aromatic nitrogens is 2. The molecule has 1 aliphatic rings. The van der Waals surface area contributed by atoms with E-state index in [4.69, 9.17) is 30.5 Å². The summed E-state index contributed by atoms with van der Waals surface area (Å²) in [4.78, 5) is 21.5. The Hall–Kier alpha value is -3.95. The van der Waals surface area contributed by atoms with E-state index in [0.29, 0.717) is 82.2 Å². The van der Waals surface area contributed by atoms with Gasteiger partial charge in [-0.1, -0.05) is 29.8 Å². The SMILES string of the molecule is COCCOc1cc2ncnc(Nc3ccc(CC(=O)Cc4ccc(C)cc4F)c(Cl)c3)c2c2c1OCCO2. The van der Waals surface area contributed by atoms with Gasteiger partial charge in [-0.3, -0.25) is 4.79 Å². The van der Waals surface area contributed by atoms with Crippen LogP contribution in [-0.4, -0.2) is 49.3 Å². The van der Waals surface area contributed by atoms with E-state index in [9.17, 15) is 9.18 Å². The number of carbonyl (C=O) groups is 1. The lowest BCUT2D eigenvalue weighted by Crippen LogP contribution is -2.17. The predicted molar refractivity (Wildman–Crippen MR) is 146 cm³/mol. The van der Waals surface area contributed by atoms with Crippen LogP contribution in [0.3, 0.4) is 0 Å². The van der Waals surface area contributed by atoms with E-state index in [1.165, 1.54) is 12.4 Å². The third kappa shape index (κ3) is 6.05. The molecule has 1 aliphatic heterocycles. The summed E-state index contributed by atoms with van der Waals surface area (Å²) in [6.45, 7) is 3.34. The highest BCUT2D eigenvalue weighted by atomic mass is 35.5. The number of rotatable bonds is 10. The fourth-order valence-corrected chi connectivity index (χ4v) is 4.58. The lowest BCUT2D eigenvalue weighted by molar-refractivity contribution is -0.117. The number of nitrogens with zero attached hydrogens (tertiary/aromatic N) is 2. The minimum atomic E-state index is -0.378. The van der Waals surface area contributed by atoms with Crippen molar-refractivity contribution in [2.24, 2.45) is 0 Å². The molecule has 0 spiro atoms. The molecule has 3 aromatic carbocycles. The molecule has 10 heteroatoms. The van der Waals surface area contributed by atoms with E-state index in [2.05, 4.69) is 15.3 Å². The molecule has 8 nitrogen and oxygen atoms in total. The molecule has 2 heterocycles. The van der Waals surface area contributed by atoms with Gasteiger partial charge in [0.2, 0.25) is 5.75 Å². The van der Waals surface area contributed by atoms with E-state index < -0.39 is 0 Å². The molecule has 4 aromatic rings.